The number of rotatable bonds is 5. The maximum atomic E-state index is 12.2. The molecule has 0 aliphatic heterocycles. The van der Waals surface area contributed by atoms with Crippen LogP contribution in [0.2, 0.25) is 0 Å². The molecule has 0 saturated carbocycles. The maximum absolute atomic E-state index is 12.2. The van der Waals surface area contributed by atoms with Gasteiger partial charge >= 0.3 is 6.09 Å². The third-order valence-corrected chi connectivity index (χ3v) is 5.90. The summed E-state index contributed by atoms with van der Waals surface area (Å²) in [7, 11) is 1.62. The lowest BCUT2D eigenvalue weighted by Crippen LogP contribution is -2.26. The van der Waals surface area contributed by atoms with Crippen molar-refractivity contribution in [2.24, 2.45) is 0 Å². The molecule has 3 aromatic carbocycles. The van der Waals surface area contributed by atoms with Crippen LogP contribution in [0.15, 0.2) is 71.2 Å². The lowest BCUT2D eigenvalue weighted by atomic mass is 9.98. The number of benzene rings is 3. The molecule has 1 aliphatic rings. The van der Waals surface area contributed by atoms with Crippen LogP contribution in [-0.2, 0) is 4.74 Å². The predicted octanol–water partition coefficient (Wildman–Crippen LogP) is 5.74. The molecule has 0 heterocycles. The smallest absolute Gasteiger partial charge is 0.407 e. The number of amides is 1. The fourth-order valence-corrected chi connectivity index (χ4v) is 4.19. The number of alkyl carbamates (subject to hydrolysis) is 1. The molecule has 4 rings (SSSR count). The summed E-state index contributed by atoms with van der Waals surface area (Å²) in [6.45, 7) is 0.738. The predicted molar refractivity (Wildman–Crippen MR) is 125 cm³/mol. The van der Waals surface area contributed by atoms with Crippen molar-refractivity contribution in [3.63, 3.8) is 0 Å². The van der Waals surface area contributed by atoms with Gasteiger partial charge in [0.2, 0.25) is 0 Å². The Bertz CT molecular complexity index is 1120. The zero-order chi connectivity index (χ0) is 21.6. The molecule has 0 aromatic heterocycles. The van der Waals surface area contributed by atoms with Gasteiger partial charge in [-0.05, 0) is 56.4 Å². The molecule has 0 unspecified atom stereocenters. The van der Waals surface area contributed by atoms with E-state index in [-0.39, 0.29) is 5.92 Å². The van der Waals surface area contributed by atoms with Gasteiger partial charge in [-0.25, -0.2) is 4.79 Å². The van der Waals surface area contributed by atoms with Crippen molar-refractivity contribution in [3.05, 3.63) is 87.9 Å². The van der Waals surface area contributed by atoms with Crippen LogP contribution in [0.3, 0.4) is 0 Å². The average Bonchev–Trinajstić information content (AvgIpc) is 3.12. The number of carbonyl (C=O) groups excluding carboxylic acids is 1. The molecule has 156 valence electrons. The van der Waals surface area contributed by atoms with Gasteiger partial charge in [-0.1, -0.05) is 60.4 Å². The minimum Gasteiger partial charge on any atom is -0.496 e. The van der Waals surface area contributed by atoms with E-state index >= 15 is 0 Å². The number of halogens is 1. The maximum Gasteiger partial charge on any atom is 0.407 e. The third kappa shape index (κ3) is 4.76. The van der Waals surface area contributed by atoms with Gasteiger partial charge in [0.15, 0.2) is 0 Å². The van der Waals surface area contributed by atoms with E-state index in [9.17, 15) is 4.79 Å². The Morgan fingerprint density at radius 2 is 1.71 bits per heavy atom. The molecule has 31 heavy (non-hydrogen) atoms. The number of methoxy groups -OCH3 is 1. The first kappa shape index (κ1) is 21.0. The Hall–Kier alpha value is -3.23. The summed E-state index contributed by atoms with van der Waals surface area (Å²) >= 11 is 3.42. The van der Waals surface area contributed by atoms with Crippen molar-refractivity contribution in [2.75, 3.05) is 20.3 Å². The van der Waals surface area contributed by atoms with E-state index in [0.29, 0.717) is 19.6 Å². The Balaban J connectivity index is 1.28. The summed E-state index contributed by atoms with van der Waals surface area (Å²) in [5.41, 5.74) is 5.69. The number of hydrogen-bond acceptors (Lipinski definition) is 3. The second-order valence-corrected chi connectivity index (χ2v) is 8.01. The van der Waals surface area contributed by atoms with Crippen LogP contribution in [-0.4, -0.2) is 26.4 Å². The number of fused-ring (bicyclic) bond motifs is 3. The molecule has 0 spiro atoms. The summed E-state index contributed by atoms with van der Waals surface area (Å²) < 4.78 is 11.7. The van der Waals surface area contributed by atoms with Crippen LogP contribution in [0.1, 0.15) is 29.0 Å². The number of nitrogens with one attached hydrogen (secondary N) is 1. The molecule has 1 N–H and O–H groups in total. The molecular weight excluding hydrogens is 454 g/mol. The Labute approximate surface area is 190 Å². The summed E-state index contributed by atoms with van der Waals surface area (Å²) in [5.74, 6) is 6.94. The van der Waals surface area contributed by atoms with Crippen LogP contribution in [0.4, 0.5) is 4.79 Å². The average molecular weight is 476 g/mol. The highest BCUT2D eigenvalue weighted by Crippen LogP contribution is 2.44. The molecule has 0 atom stereocenters. The standard InChI is InChI=1S/C26H22BrNO3/c1-30-25-16-18(13-14-24(25)27)8-6-7-15-28-26(29)31-17-23-21-11-4-2-9-19(21)20-10-3-5-12-22(20)23/h2-5,9-14,16,23H,7,15,17H2,1H3,(H,28,29). The van der Waals surface area contributed by atoms with Gasteiger partial charge in [0.05, 0.1) is 11.6 Å². The van der Waals surface area contributed by atoms with Crippen LogP contribution in [0.5, 0.6) is 5.75 Å². The van der Waals surface area contributed by atoms with Crippen molar-refractivity contribution in [1.29, 1.82) is 0 Å². The molecule has 0 fully saturated rings. The van der Waals surface area contributed by atoms with Crippen molar-refractivity contribution in [3.8, 4) is 28.7 Å². The van der Waals surface area contributed by atoms with Crippen LogP contribution in [0, 0.1) is 11.8 Å². The largest absolute Gasteiger partial charge is 0.496 e. The number of hydrogen-bond donors (Lipinski definition) is 1. The number of carbonyl (C=O) groups is 1. The molecule has 0 bridgehead atoms. The minimum atomic E-state index is -0.422. The van der Waals surface area contributed by atoms with Gasteiger partial charge in [-0.3, -0.25) is 0 Å². The first-order chi connectivity index (χ1) is 15.2. The highest BCUT2D eigenvalue weighted by molar-refractivity contribution is 9.10. The van der Waals surface area contributed by atoms with Gasteiger partial charge in [-0.2, -0.15) is 0 Å². The molecule has 1 aliphatic carbocycles. The van der Waals surface area contributed by atoms with Gasteiger partial charge in [0.25, 0.3) is 0 Å². The SMILES string of the molecule is COc1cc(C#CCCNC(=O)OCC2c3ccccc3-c3ccccc32)ccc1Br. The molecule has 4 nitrogen and oxygen atoms in total. The van der Waals surface area contributed by atoms with Gasteiger partial charge in [-0.15, -0.1) is 0 Å². The monoisotopic (exact) mass is 475 g/mol. The van der Waals surface area contributed by atoms with E-state index in [1.165, 1.54) is 22.3 Å². The molecule has 3 aromatic rings. The molecule has 0 radical (unpaired) electrons. The summed E-state index contributed by atoms with van der Waals surface area (Å²) in [5, 5.41) is 2.78. The van der Waals surface area contributed by atoms with E-state index in [1.807, 2.05) is 42.5 Å². The fraction of sp³-hybridized carbons (Fsp3) is 0.192. The van der Waals surface area contributed by atoms with E-state index < -0.39 is 6.09 Å². The molecule has 5 heteroatoms. The first-order valence-electron chi connectivity index (χ1n) is 10.1. The van der Waals surface area contributed by atoms with Crippen LogP contribution < -0.4 is 10.1 Å². The van der Waals surface area contributed by atoms with E-state index in [2.05, 4.69) is 57.4 Å². The van der Waals surface area contributed by atoms with Crippen LogP contribution in [0.25, 0.3) is 11.1 Å². The van der Waals surface area contributed by atoms with Gasteiger partial charge < -0.3 is 14.8 Å². The Kier molecular flexibility index (Phi) is 6.59. The highest BCUT2D eigenvalue weighted by atomic mass is 79.9. The Morgan fingerprint density at radius 3 is 2.39 bits per heavy atom. The quantitative estimate of drug-likeness (QED) is 0.378. The molecule has 0 saturated heterocycles. The number of ether oxygens (including phenoxy) is 2. The van der Waals surface area contributed by atoms with E-state index in [4.69, 9.17) is 9.47 Å². The fourth-order valence-electron chi connectivity index (χ4n) is 3.78. The summed E-state index contributed by atoms with van der Waals surface area (Å²) in [6.07, 6.45) is 0.108. The highest BCUT2D eigenvalue weighted by Gasteiger charge is 2.28. The van der Waals surface area contributed by atoms with Crippen molar-refractivity contribution in [1.82, 2.24) is 5.32 Å². The minimum absolute atomic E-state index is 0.0605. The summed E-state index contributed by atoms with van der Waals surface area (Å²) in [4.78, 5) is 12.2. The van der Waals surface area contributed by atoms with Crippen molar-refractivity contribution in [2.45, 2.75) is 12.3 Å². The second kappa shape index (κ2) is 9.72. The molecular formula is C26H22BrNO3. The van der Waals surface area contributed by atoms with Gasteiger partial charge in [0, 0.05) is 24.4 Å². The summed E-state index contributed by atoms with van der Waals surface area (Å²) in [6, 6.07) is 22.3. The zero-order valence-corrected chi connectivity index (χ0v) is 18.7. The lowest BCUT2D eigenvalue weighted by Gasteiger charge is -2.14. The lowest BCUT2D eigenvalue weighted by molar-refractivity contribution is 0.143. The third-order valence-electron chi connectivity index (χ3n) is 5.25. The topological polar surface area (TPSA) is 47.6 Å². The van der Waals surface area contributed by atoms with Gasteiger partial charge in [0.1, 0.15) is 12.4 Å². The normalized spacial score (nSPS) is 11.7. The second-order valence-electron chi connectivity index (χ2n) is 7.15. The van der Waals surface area contributed by atoms with E-state index in [0.717, 1.165) is 15.8 Å². The first-order valence-corrected chi connectivity index (χ1v) is 10.9. The Morgan fingerprint density at radius 1 is 1.03 bits per heavy atom. The van der Waals surface area contributed by atoms with Crippen molar-refractivity contribution < 1.29 is 14.3 Å². The molecule has 1 amide bonds. The zero-order valence-electron chi connectivity index (χ0n) is 17.2. The van der Waals surface area contributed by atoms with E-state index in [1.54, 1.807) is 7.11 Å². The van der Waals surface area contributed by atoms with Crippen molar-refractivity contribution >= 4 is 22.0 Å². The van der Waals surface area contributed by atoms with Crippen LogP contribution >= 0.6 is 15.9 Å².